The molecule has 6 heteroatoms. The number of hydrogen-bond donors (Lipinski definition) is 3. The van der Waals surface area contributed by atoms with E-state index in [1.54, 1.807) is 24.3 Å². The number of carbonyl (C=O) groups is 2. The minimum atomic E-state index is -0.969. The third-order valence-corrected chi connectivity index (χ3v) is 4.45. The van der Waals surface area contributed by atoms with Crippen LogP contribution in [0.3, 0.4) is 0 Å². The first kappa shape index (κ1) is 19.4. The second-order valence-corrected chi connectivity index (χ2v) is 7.53. The molecule has 1 aliphatic rings. The highest BCUT2D eigenvalue weighted by Gasteiger charge is 2.37. The maximum Gasteiger partial charge on any atom is 0.251 e. The second kappa shape index (κ2) is 8.45. The van der Waals surface area contributed by atoms with E-state index in [-0.39, 0.29) is 29.3 Å². The Hall–Kier alpha value is -1.92. The van der Waals surface area contributed by atoms with Crippen LogP contribution in [-0.2, 0) is 9.53 Å². The van der Waals surface area contributed by atoms with Crippen LogP contribution < -0.4 is 10.6 Å². The summed E-state index contributed by atoms with van der Waals surface area (Å²) in [4.78, 5) is 24.5. The van der Waals surface area contributed by atoms with Gasteiger partial charge in [-0.2, -0.15) is 0 Å². The highest BCUT2D eigenvalue weighted by atomic mass is 16.5. The van der Waals surface area contributed by atoms with Crippen LogP contribution in [0.5, 0.6) is 0 Å². The molecule has 2 amide bonds. The van der Waals surface area contributed by atoms with E-state index in [1.807, 2.05) is 6.07 Å². The van der Waals surface area contributed by atoms with Gasteiger partial charge < -0.3 is 20.5 Å². The van der Waals surface area contributed by atoms with Gasteiger partial charge in [0.25, 0.3) is 5.91 Å². The summed E-state index contributed by atoms with van der Waals surface area (Å²) in [6.45, 7) is 7.07. The van der Waals surface area contributed by atoms with Crippen LogP contribution in [0, 0.1) is 11.3 Å². The fraction of sp³-hybridized carbons (Fsp3) is 0.579. The van der Waals surface area contributed by atoms with Gasteiger partial charge in [0.1, 0.15) is 6.04 Å². The minimum Gasteiger partial charge on any atom is -0.394 e. The highest BCUT2D eigenvalue weighted by Crippen LogP contribution is 2.34. The zero-order valence-electron chi connectivity index (χ0n) is 15.1. The Morgan fingerprint density at radius 1 is 1.28 bits per heavy atom. The lowest BCUT2D eigenvalue weighted by Crippen LogP contribution is -2.50. The molecule has 1 aromatic rings. The summed E-state index contributed by atoms with van der Waals surface area (Å²) in [5.41, 5.74) is 0.454. The van der Waals surface area contributed by atoms with E-state index in [4.69, 9.17) is 4.74 Å². The molecule has 0 saturated carbocycles. The third-order valence-electron chi connectivity index (χ3n) is 4.45. The van der Waals surface area contributed by atoms with Crippen LogP contribution in [0.4, 0.5) is 0 Å². The van der Waals surface area contributed by atoms with Gasteiger partial charge in [0.2, 0.25) is 5.91 Å². The average molecular weight is 348 g/mol. The number of benzene rings is 1. The van der Waals surface area contributed by atoms with Gasteiger partial charge in [0.05, 0.1) is 12.7 Å². The Balaban J connectivity index is 1.89. The normalized spacial score (nSPS) is 21.6. The van der Waals surface area contributed by atoms with Gasteiger partial charge in [-0.3, -0.25) is 9.59 Å². The fourth-order valence-corrected chi connectivity index (χ4v) is 3.18. The molecule has 3 N–H and O–H groups in total. The van der Waals surface area contributed by atoms with Gasteiger partial charge >= 0.3 is 0 Å². The Morgan fingerprint density at radius 3 is 2.56 bits per heavy atom. The lowest BCUT2D eigenvalue weighted by molar-refractivity contribution is -0.124. The van der Waals surface area contributed by atoms with Crippen LogP contribution in [0.1, 0.15) is 37.6 Å². The monoisotopic (exact) mass is 348 g/mol. The van der Waals surface area contributed by atoms with Gasteiger partial charge in [0, 0.05) is 24.6 Å². The molecule has 0 bridgehead atoms. The molecule has 138 valence electrons. The van der Waals surface area contributed by atoms with Crippen molar-refractivity contribution in [1.29, 1.82) is 0 Å². The molecule has 0 radical (unpaired) electrons. The highest BCUT2D eigenvalue weighted by molar-refractivity contribution is 5.97. The maximum absolute atomic E-state index is 12.3. The number of amides is 2. The number of aliphatic hydroxyl groups is 1. The topological polar surface area (TPSA) is 87.7 Å². The number of aliphatic hydroxyl groups excluding tert-OH is 1. The Kier molecular flexibility index (Phi) is 6.56. The largest absolute Gasteiger partial charge is 0.394 e. The molecule has 2 rings (SSSR count). The van der Waals surface area contributed by atoms with E-state index < -0.39 is 12.6 Å². The lowest BCUT2D eigenvalue weighted by Gasteiger charge is -2.31. The SMILES string of the molecule is CC(C)(C)[C@H]1OCC[C@@H]1CNC(=O)C(CO)NC(=O)c1ccccc1. The Bertz CT molecular complexity index is 583. The number of carbonyl (C=O) groups excluding carboxylic acids is 2. The molecule has 1 unspecified atom stereocenters. The van der Waals surface area contributed by atoms with Crippen molar-refractivity contribution in [2.24, 2.45) is 11.3 Å². The van der Waals surface area contributed by atoms with Crippen molar-refractivity contribution in [3.63, 3.8) is 0 Å². The second-order valence-electron chi connectivity index (χ2n) is 7.53. The summed E-state index contributed by atoms with van der Waals surface area (Å²) in [7, 11) is 0. The van der Waals surface area contributed by atoms with Crippen LogP contribution in [-0.4, -0.2) is 48.8 Å². The Morgan fingerprint density at radius 2 is 1.96 bits per heavy atom. The smallest absolute Gasteiger partial charge is 0.251 e. The quantitative estimate of drug-likeness (QED) is 0.724. The van der Waals surface area contributed by atoms with E-state index >= 15 is 0 Å². The summed E-state index contributed by atoms with van der Waals surface area (Å²) >= 11 is 0. The fourth-order valence-electron chi connectivity index (χ4n) is 3.18. The van der Waals surface area contributed by atoms with Gasteiger partial charge in [0.15, 0.2) is 0 Å². The molecule has 1 aromatic carbocycles. The third kappa shape index (κ3) is 5.28. The molecule has 0 aliphatic carbocycles. The van der Waals surface area contributed by atoms with Gasteiger partial charge in [-0.15, -0.1) is 0 Å². The van der Waals surface area contributed by atoms with Crippen molar-refractivity contribution in [1.82, 2.24) is 10.6 Å². The van der Waals surface area contributed by atoms with Crippen molar-refractivity contribution in [3.05, 3.63) is 35.9 Å². The maximum atomic E-state index is 12.3. The summed E-state index contributed by atoms with van der Waals surface area (Å²) < 4.78 is 5.80. The number of hydrogen-bond acceptors (Lipinski definition) is 4. The molecule has 1 heterocycles. The molecule has 6 nitrogen and oxygen atoms in total. The molecule has 1 saturated heterocycles. The molecular weight excluding hydrogens is 320 g/mol. The molecule has 1 aliphatic heterocycles. The van der Waals surface area contributed by atoms with Gasteiger partial charge in [-0.05, 0) is 24.0 Å². The summed E-state index contributed by atoms with van der Waals surface area (Å²) in [5, 5.41) is 14.9. The van der Waals surface area contributed by atoms with E-state index in [9.17, 15) is 14.7 Å². The van der Waals surface area contributed by atoms with Crippen molar-refractivity contribution in [3.8, 4) is 0 Å². The summed E-state index contributed by atoms with van der Waals surface area (Å²) in [6, 6.07) is 7.65. The number of rotatable bonds is 6. The van der Waals surface area contributed by atoms with E-state index in [1.165, 1.54) is 0 Å². The first-order valence-corrected chi connectivity index (χ1v) is 8.69. The molecule has 0 spiro atoms. The lowest BCUT2D eigenvalue weighted by atomic mass is 9.81. The Labute approximate surface area is 149 Å². The predicted molar refractivity (Wildman–Crippen MR) is 95.1 cm³/mol. The van der Waals surface area contributed by atoms with Crippen LogP contribution in [0.15, 0.2) is 30.3 Å². The molecule has 25 heavy (non-hydrogen) atoms. The molecule has 3 atom stereocenters. The molecule has 1 fully saturated rings. The van der Waals surface area contributed by atoms with Crippen LogP contribution >= 0.6 is 0 Å². The van der Waals surface area contributed by atoms with Gasteiger partial charge in [-0.1, -0.05) is 39.0 Å². The standard InChI is InChI=1S/C19H28N2O4/c1-19(2,3)16-14(9-10-25-16)11-20-18(24)15(12-22)21-17(23)13-7-5-4-6-8-13/h4-8,14-16,22H,9-12H2,1-3H3,(H,20,24)(H,21,23)/t14-,15?,16+/m1/s1. The van der Waals surface area contributed by atoms with Crippen molar-refractivity contribution in [2.75, 3.05) is 19.8 Å². The van der Waals surface area contributed by atoms with Crippen LogP contribution in [0.2, 0.25) is 0 Å². The van der Waals surface area contributed by atoms with E-state index in [0.717, 1.165) is 6.42 Å². The zero-order valence-corrected chi connectivity index (χ0v) is 15.1. The zero-order chi connectivity index (χ0) is 18.4. The van der Waals surface area contributed by atoms with Gasteiger partial charge in [-0.25, -0.2) is 0 Å². The first-order valence-electron chi connectivity index (χ1n) is 8.69. The van der Waals surface area contributed by atoms with Crippen molar-refractivity contribution < 1.29 is 19.4 Å². The van der Waals surface area contributed by atoms with Crippen molar-refractivity contribution >= 4 is 11.8 Å². The predicted octanol–water partition coefficient (Wildman–Crippen LogP) is 1.34. The number of nitrogens with one attached hydrogen (secondary N) is 2. The van der Waals surface area contributed by atoms with E-state index in [0.29, 0.717) is 18.7 Å². The number of ether oxygens (including phenoxy) is 1. The summed E-state index contributed by atoms with van der Waals surface area (Å²) in [6.07, 6.45) is 0.974. The molecule has 0 aromatic heterocycles. The van der Waals surface area contributed by atoms with Crippen LogP contribution in [0.25, 0.3) is 0 Å². The average Bonchev–Trinajstić information content (AvgIpc) is 3.07. The summed E-state index contributed by atoms with van der Waals surface area (Å²) in [5.74, 6) is -0.536. The molecular formula is C19H28N2O4. The van der Waals surface area contributed by atoms with E-state index in [2.05, 4.69) is 31.4 Å². The first-order chi connectivity index (χ1) is 11.8. The minimum absolute atomic E-state index is 0.00377. The van der Waals surface area contributed by atoms with Crippen molar-refractivity contribution in [2.45, 2.75) is 39.3 Å².